The predicted octanol–water partition coefficient (Wildman–Crippen LogP) is 0.952. The van der Waals surface area contributed by atoms with Gasteiger partial charge in [0.25, 0.3) is 0 Å². The van der Waals surface area contributed by atoms with Crippen molar-refractivity contribution in [2.75, 3.05) is 25.4 Å². The average Bonchev–Trinajstić information content (AvgIpc) is 2.37. The Morgan fingerprint density at radius 1 is 1.37 bits per heavy atom. The van der Waals surface area contributed by atoms with Crippen LogP contribution >= 0.6 is 10.8 Å². The third-order valence-corrected chi connectivity index (χ3v) is 4.51. The predicted molar refractivity (Wildman–Crippen MR) is 73.2 cm³/mol. The summed E-state index contributed by atoms with van der Waals surface area (Å²) in [6, 6.07) is 7.45. The van der Waals surface area contributed by atoms with E-state index in [1.165, 1.54) is 0 Å². The Morgan fingerprint density at radius 3 is 2.84 bits per heavy atom. The van der Waals surface area contributed by atoms with Crippen LogP contribution in [-0.2, 0) is 9.15 Å². The van der Waals surface area contributed by atoms with Gasteiger partial charge in [-0.25, -0.2) is 0 Å². The molecule has 106 valence electrons. The molecule has 2 N–H and O–H groups in total. The van der Waals surface area contributed by atoms with Gasteiger partial charge in [0.2, 0.25) is 0 Å². The van der Waals surface area contributed by atoms with Gasteiger partial charge in [-0.05, 0) is 22.9 Å². The molecule has 0 fully saturated rings. The molecule has 0 radical (unpaired) electrons. The minimum absolute atomic E-state index is 0.106. The van der Waals surface area contributed by atoms with Crippen molar-refractivity contribution in [1.82, 2.24) is 5.32 Å². The highest BCUT2D eigenvalue weighted by atomic mass is 33.1. The third-order valence-electron chi connectivity index (χ3n) is 2.45. The van der Waals surface area contributed by atoms with Gasteiger partial charge in [0.05, 0.1) is 0 Å². The highest BCUT2D eigenvalue weighted by Gasteiger charge is 2.19. The first-order chi connectivity index (χ1) is 9.04. The van der Waals surface area contributed by atoms with E-state index in [-0.39, 0.29) is 11.9 Å². The summed E-state index contributed by atoms with van der Waals surface area (Å²) in [6.45, 7) is 1.47. The van der Waals surface area contributed by atoms with E-state index >= 15 is 0 Å². The molecular formula is C11H15NO5S2. The van der Waals surface area contributed by atoms with E-state index in [1.54, 1.807) is 0 Å². The number of fused-ring (bicyclic) bond motifs is 1. The van der Waals surface area contributed by atoms with E-state index in [2.05, 4.69) is 5.32 Å². The zero-order valence-corrected chi connectivity index (χ0v) is 11.7. The van der Waals surface area contributed by atoms with E-state index in [1.807, 2.05) is 24.3 Å². The number of rotatable bonds is 6. The van der Waals surface area contributed by atoms with Gasteiger partial charge in [-0.2, -0.15) is 8.42 Å². The molecule has 19 heavy (non-hydrogen) atoms. The Balaban J connectivity index is 1.69. The first-order valence-electron chi connectivity index (χ1n) is 5.75. The molecule has 0 saturated heterocycles. The molecule has 1 aliphatic rings. The Labute approximate surface area is 115 Å². The van der Waals surface area contributed by atoms with Crippen molar-refractivity contribution < 1.29 is 22.4 Å². The van der Waals surface area contributed by atoms with Gasteiger partial charge in [0, 0.05) is 18.8 Å². The monoisotopic (exact) mass is 305 g/mol. The summed E-state index contributed by atoms with van der Waals surface area (Å²) in [5.41, 5.74) is 0. The second-order valence-electron chi connectivity index (χ2n) is 3.95. The first-order valence-corrected chi connectivity index (χ1v) is 8.70. The zero-order chi connectivity index (χ0) is 13.7. The van der Waals surface area contributed by atoms with Crippen LogP contribution in [0, 0.1) is 0 Å². The van der Waals surface area contributed by atoms with Gasteiger partial charge >= 0.3 is 9.15 Å². The number of para-hydroxylation sites is 2. The van der Waals surface area contributed by atoms with Gasteiger partial charge in [0.1, 0.15) is 12.7 Å². The summed E-state index contributed by atoms with van der Waals surface area (Å²) in [6.07, 6.45) is -0.106. The van der Waals surface area contributed by atoms with Crippen molar-refractivity contribution in [3.8, 4) is 11.5 Å². The van der Waals surface area contributed by atoms with Crippen LogP contribution in [0.2, 0.25) is 0 Å². The Hall–Kier alpha value is -0.960. The second kappa shape index (κ2) is 6.47. The largest absolute Gasteiger partial charge is 0.486 e. The van der Waals surface area contributed by atoms with E-state index in [9.17, 15) is 8.42 Å². The maximum absolute atomic E-state index is 10.5. The summed E-state index contributed by atoms with van der Waals surface area (Å²) in [5.74, 6) is 1.73. The minimum atomic E-state index is -3.95. The molecule has 0 saturated carbocycles. The smallest absolute Gasteiger partial charge is 0.319 e. The van der Waals surface area contributed by atoms with Crippen LogP contribution in [0.4, 0.5) is 0 Å². The van der Waals surface area contributed by atoms with Crippen LogP contribution in [0.3, 0.4) is 0 Å². The number of benzene rings is 1. The summed E-state index contributed by atoms with van der Waals surface area (Å²) >= 11 is 0. The number of ether oxygens (including phenoxy) is 2. The number of hydrogen-bond acceptors (Lipinski definition) is 6. The lowest BCUT2D eigenvalue weighted by Crippen LogP contribution is -2.39. The summed E-state index contributed by atoms with van der Waals surface area (Å²) in [5, 5.41) is 3.06. The number of hydrogen-bond donors (Lipinski definition) is 2. The molecule has 1 unspecified atom stereocenters. The second-order valence-corrected chi connectivity index (χ2v) is 7.42. The molecule has 6 nitrogen and oxygen atoms in total. The van der Waals surface area contributed by atoms with Crippen LogP contribution < -0.4 is 14.8 Å². The van der Waals surface area contributed by atoms with Gasteiger partial charge in [-0.3, -0.25) is 4.55 Å². The fourth-order valence-electron chi connectivity index (χ4n) is 1.65. The summed E-state index contributed by atoms with van der Waals surface area (Å²) in [7, 11) is -3.45. The molecule has 0 aromatic heterocycles. The molecule has 1 atom stereocenters. The minimum Gasteiger partial charge on any atom is -0.486 e. The molecule has 1 aromatic carbocycles. The first kappa shape index (κ1) is 14.4. The van der Waals surface area contributed by atoms with E-state index in [0.29, 0.717) is 36.2 Å². The Bertz CT molecular complexity index is 520. The fourth-order valence-corrected chi connectivity index (χ4v) is 2.97. The average molecular weight is 305 g/mol. The molecule has 0 amide bonds. The molecule has 2 rings (SSSR count). The molecular weight excluding hydrogens is 290 g/mol. The summed E-state index contributed by atoms with van der Waals surface area (Å²) < 4.78 is 40.8. The molecule has 0 spiro atoms. The molecule has 1 aromatic rings. The quantitative estimate of drug-likeness (QED) is 0.460. The standard InChI is InChI=1S/C11H15NO5S2/c13-19(14,15)18-6-5-12-7-9-8-16-10-3-1-2-4-11(10)17-9/h1-4,9,12H,5-8H2,(H,13,14,15). The Kier molecular flexibility index (Phi) is 4.92. The topological polar surface area (TPSA) is 84.9 Å². The highest BCUT2D eigenvalue weighted by molar-refractivity contribution is 8.69. The van der Waals surface area contributed by atoms with Gasteiger partial charge in [-0.15, -0.1) is 0 Å². The normalized spacial score (nSPS) is 18.3. The van der Waals surface area contributed by atoms with Gasteiger partial charge < -0.3 is 14.8 Å². The lowest BCUT2D eigenvalue weighted by Gasteiger charge is -2.26. The zero-order valence-electron chi connectivity index (χ0n) is 10.1. The molecule has 1 heterocycles. The van der Waals surface area contributed by atoms with E-state index in [0.717, 1.165) is 5.75 Å². The Morgan fingerprint density at radius 2 is 2.11 bits per heavy atom. The molecule has 8 heteroatoms. The van der Waals surface area contributed by atoms with Crippen molar-refractivity contribution in [1.29, 1.82) is 0 Å². The number of nitrogens with one attached hydrogen (secondary N) is 1. The van der Waals surface area contributed by atoms with Crippen LogP contribution in [0.5, 0.6) is 11.5 Å². The van der Waals surface area contributed by atoms with Crippen molar-refractivity contribution >= 4 is 19.9 Å². The lowest BCUT2D eigenvalue weighted by molar-refractivity contribution is 0.0909. The lowest BCUT2D eigenvalue weighted by atomic mass is 10.2. The van der Waals surface area contributed by atoms with Gasteiger partial charge in [0.15, 0.2) is 11.5 Å². The third kappa shape index (κ3) is 4.90. The van der Waals surface area contributed by atoms with Crippen LogP contribution in [-0.4, -0.2) is 44.5 Å². The van der Waals surface area contributed by atoms with Crippen molar-refractivity contribution in [2.45, 2.75) is 6.10 Å². The van der Waals surface area contributed by atoms with E-state index < -0.39 is 9.15 Å². The summed E-state index contributed by atoms with van der Waals surface area (Å²) in [4.78, 5) is 0. The maximum Gasteiger partial charge on any atom is 0.319 e. The SMILES string of the molecule is O=S(=O)(O)SCCNCC1COc2ccccc2O1. The van der Waals surface area contributed by atoms with Crippen LogP contribution in [0.1, 0.15) is 0 Å². The van der Waals surface area contributed by atoms with Crippen LogP contribution in [0.15, 0.2) is 24.3 Å². The van der Waals surface area contributed by atoms with Crippen molar-refractivity contribution in [2.24, 2.45) is 0 Å². The van der Waals surface area contributed by atoms with Gasteiger partial charge in [-0.1, -0.05) is 12.1 Å². The fraction of sp³-hybridized carbons (Fsp3) is 0.455. The molecule has 0 bridgehead atoms. The van der Waals surface area contributed by atoms with Crippen LogP contribution in [0.25, 0.3) is 0 Å². The molecule has 0 aliphatic carbocycles. The van der Waals surface area contributed by atoms with E-state index in [4.69, 9.17) is 14.0 Å². The molecule has 1 aliphatic heterocycles. The highest BCUT2D eigenvalue weighted by Crippen LogP contribution is 2.30. The van der Waals surface area contributed by atoms with Crippen molar-refractivity contribution in [3.63, 3.8) is 0 Å². The maximum atomic E-state index is 10.5. The van der Waals surface area contributed by atoms with Crippen molar-refractivity contribution in [3.05, 3.63) is 24.3 Å².